The van der Waals surface area contributed by atoms with Crippen molar-refractivity contribution >= 4 is 24.9 Å². The summed E-state index contributed by atoms with van der Waals surface area (Å²) in [5.74, 6) is -0.575. The number of aromatic nitrogens is 1. The van der Waals surface area contributed by atoms with Crippen molar-refractivity contribution in [2.45, 2.75) is 124 Å². The lowest BCUT2D eigenvalue weighted by molar-refractivity contribution is -0.384. The maximum atomic E-state index is 15.8. The van der Waals surface area contributed by atoms with E-state index in [9.17, 15) is 14.9 Å². The van der Waals surface area contributed by atoms with Gasteiger partial charge in [0.15, 0.2) is 0 Å². The normalized spacial score (nSPS) is 28.1. The lowest BCUT2D eigenvalue weighted by atomic mass is 9.75. The average molecular weight is 712 g/mol. The molecule has 0 radical (unpaired) electrons. The van der Waals surface area contributed by atoms with E-state index in [1.807, 2.05) is 4.90 Å². The molecule has 1 unspecified atom stereocenters. The number of hydrogen-bond acceptors (Lipinski definition) is 9. The highest BCUT2D eigenvalue weighted by Crippen LogP contribution is 2.66. The second-order valence-electron chi connectivity index (χ2n) is 15.9. The van der Waals surface area contributed by atoms with E-state index in [0.29, 0.717) is 34.9 Å². The standard InChI is InChI=1S/C39H58N3O7P/c1-26(2)32-16-13-28(5)22-36(32)48-50(46,49-37-23-29(6)14-17-33(37)27(3)4)39(31-12-11-19-40-25-31)47-38(43)30-15-18-34(35(24-30)42(44)45)41-20-9-7-8-10-21-41/h11-12,15,18-19,24-29,32-33,36-37,39H,7-10,13-14,16-17,20-23H2,1-6H3/t28-,29-,32-,33+,36-,37-,39-,50?/m1/s1. The molecule has 276 valence electrons. The van der Waals surface area contributed by atoms with Crippen LogP contribution in [0.2, 0.25) is 0 Å². The lowest BCUT2D eigenvalue weighted by Gasteiger charge is -2.43. The summed E-state index contributed by atoms with van der Waals surface area (Å²) in [7, 11) is -4.26. The number of nitro benzene ring substituents is 1. The van der Waals surface area contributed by atoms with Crippen molar-refractivity contribution in [1.29, 1.82) is 0 Å². The second-order valence-corrected chi connectivity index (χ2v) is 17.9. The van der Waals surface area contributed by atoms with E-state index in [-0.39, 0.29) is 35.3 Å². The van der Waals surface area contributed by atoms with Gasteiger partial charge >= 0.3 is 13.6 Å². The number of benzene rings is 1. The minimum atomic E-state index is -4.26. The predicted molar refractivity (Wildman–Crippen MR) is 196 cm³/mol. The van der Waals surface area contributed by atoms with Crippen molar-refractivity contribution < 1.29 is 28.1 Å². The molecule has 5 rings (SSSR count). The fourth-order valence-corrected chi connectivity index (χ4v) is 10.6. The topological polar surface area (TPSA) is 121 Å². The van der Waals surface area contributed by atoms with E-state index < -0.39 is 24.3 Å². The van der Waals surface area contributed by atoms with Gasteiger partial charge in [0.2, 0.25) is 5.85 Å². The molecule has 1 aromatic carbocycles. The van der Waals surface area contributed by atoms with Crippen molar-refractivity contribution in [1.82, 2.24) is 4.98 Å². The monoisotopic (exact) mass is 711 g/mol. The molecule has 1 saturated heterocycles. The SMILES string of the molecule is CC(C)[C@H]1CC[C@@H](C)C[C@H]1OP(=O)(O[C@@H]1C[C@H](C)CC[C@H]1C(C)C)[C@@H](OC(=O)c1ccc(N2CCCCCC2)c([N+](=O)[O-])c1)c1cccnc1. The van der Waals surface area contributed by atoms with Gasteiger partial charge in [-0.15, -0.1) is 0 Å². The summed E-state index contributed by atoms with van der Waals surface area (Å²) in [4.78, 5) is 32.3. The number of esters is 1. The number of nitrogens with zero attached hydrogens (tertiary/aromatic N) is 3. The van der Waals surface area contributed by atoms with Gasteiger partial charge in [0, 0.05) is 37.1 Å². The Balaban J connectivity index is 1.55. The molecule has 2 aromatic rings. The molecule has 1 aromatic heterocycles. The molecular formula is C39H58N3O7P. The molecule has 10 nitrogen and oxygen atoms in total. The van der Waals surface area contributed by atoms with Crippen LogP contribution in [0.1, 0.15) is 128 Å². The summed E-state index contributed by atoms with van der Waals surface area (Å²) in [5.41, 5.74) is 0.747. The van der Waals surface area contributed by atoms with Crippen LogP contribution in [-0.2, 0) is 18.3 Å². The molecule has 0 N–H and O–H groups in total. The van der Waals surface area contributed by atoms with E-state index in [1.165, 1.54) is 12.3 Å². The molecule has 3 fully saturated rings. The Morgan fingerprint density at radius 3 is 1.98 bits per heavy atom. The van der Waals surface area contributed by atoms with Crippen molar-refractivity contribution in [3.63, 3.8) is 0 Å². The van der Waals surface area contributed by atoms with Crippen LogP contribution in [0.5, 0.6) is 0 Å². The first-order valence-corrected chi connectivity index (χ1v) is 20.6. The van der Waals surface area contributed by atoms with Crippen LogP contribution in [0.15, 0.2) is 42.7 Å². The van der Waals surface area contributed by atoms with E-state index in [0.717, 1.165) is 77.3 Å². The third-order valence-corrected chi connectivity index (χ3v) is 13.4. The van der Waals surface area contributed by atoms with Crippen molar-refractivity contribution in [3.05, 3.63) is 64.0 Å². The summed E-state index contributed by atoms with van der Waals surface area (Å²) in [6.07, 6.45) is 12.0. The Bertz CT molecular complexity index is 1440. The highest BCUT2D eigenvalue weighted by molar-refractivity contribution is 7.54. The molecule has 50 heavy (non-hydrogen) atoms. The van der Waals surface area contributed by atoms with Gasteiger partial charge in [0.05, 0.1) is 22.7 Å². The van der Waals surface area contributed by atoms with Gasteiger partial charge in [-0.3, -0.25) is 19.7 Å². The van der Waals surface area contributed by atoms with Gasteiger partial charge in [0.25, 0.3) is 5.69 Å². The van der Waals surface area contributed by atoms with Gasteiger partial charge in [-0.1, -0.05) is 73.3 Å². The van der Waals surface area contributed by atoms with Gasteiger partial charge < -0.3 is 18.7 Å². The molecule has 2 heterocycles. The zero-order valence-electron chi connectivity index (χ0n) is 30.9. The summed E-state index contributed by atoms with van der Waals surface area (Å²) >= 11 is 0. The first-order valence-electron chi connectivity index (χ1n) is 19.0. The molecule has 0 bridgehead atoms. The number of rotatable bonds is 12. The summed E-state index contributed by atoms with van der Waals surface area (Å²) in [5, 5.41) is 12.3. The van der Waals surface area contributed by atoms with Crippen LogP contribution in [0.3, 0.4) is 0 Å². The van der Waals surface area contributed by atoms with E-state index in [2.05, 4.69) is 46.5 Å². The van der Waals surface area contributed by atoms with E-state index >= 15 is 4.57 Å². The Morgan fingerprint density at radius 1 is 0.900 bits per heavy atom. The highest BCUT2D eigenvalue weighted by Gasteiger charge is 2.49. The van der Waals surface area contributed by atoms with Crippen LogP contribution in [0.25, 0.3) is 0 Å². The minimum Gasteiger partial charge on any atom is -0.441 e. The Kier molecular flexibility index (Phi) is 13.2. The number of anilines is 1. The number of pyridine rings is 1. The van der Waals surface area contributed by atoms with E-state index in [1.54, 1.807) is 30.5 Å². The van der Waals surface area contributed by atoms with Gasteiger partial charge in [-0.2, -0.15) is 0 Å². The maximum Gasteiger partial charge on any atom is 0.376 e. The molecule has 8 atom stereocenters. The third kappa shape index (κ3) is 9.34. The summed E-state index contributed by atoms with van der Waals surface area (Å²) in [6, 6.07) is 7.92. The van der Waals surface area contributed by atoms with Crippen LogP contribution in [0.4, 0.5) is 11.4 Å². The molecule has 0 spiro atoms. The van der Waals surface area contributed by atoms with E-state index in [4.69, 9.17) is 13.8 Å². The zero-order chi connectivity index (χ0) is 36.0. The fraction of sp³-hybridized carbons (Fsp3) is 0.692. The summed E-state index contributed by atoms with van der Waals surface area (Å²) in [6.45, 7) is 14.5. The van der Waals surface area contributed by atoms with Crippen LogP contribution in [-0.4, -0.2) is 41.2 Å². The Labute approximate surface area is 298 Å². The van der Waals surface area contributed by atoms with Crippen molar-refractivity contribution in [3.8, 4) is 0 Å². The maximum absolute atomic E-state index is 15.8. The Morgan fingerprint density at radius 2 is 1.48 bits per heavy atom. The number of ether oxygens (including phenoxy) is 1. The average Bonchev–Trinajstić information content (AvgIpc) is 3.36. The second kappa shape index (κ2) is 17.1. The first kappa shape index (κ1) is 38.4. The highest BCUT2D eigenvalue weighted by atomic mass is 31.2. The zero-order valence-corrected chi connectivity index (χ0v) is 31.8. The predicted octanol–water partition coefficient (Wildman–Crippen LogP) is 10.4. The largest absolute Gasteiger partial charge is 0.441 e. The molecule has 2 saturated carbocycles. The van der Waals surface area contributed by atoms with Gasteiger partial charge in [-0.25, -0.2) is 4.79 Å². The van der Waals surface area contributed by atoms with Crippen LogP contribution >= 0.6 is 7.60 Å². The molecular weight excluding hydrogens is 653 g/mol. The smallest absolute Gasteiger partial charge is 0.376 e. The third-order valence-electron chi connectivity index (χ3n) is 11.3. The van der Waals surface area contributed by atoms with Crippen molar-refractivity contribution in [2.75, 3.05) is 18.0 Å². The lowest BCUT2D eigenvalue weighted by Crippen LogP contribution is -2.37. The van der Waals surface area contributed by atoms with Crippen molar-refractivity contribution in [2.24, 2.45) is 35.5 Å². The molecule has 0 amide bonds. The number of carbonyl (C=O) groups excluding carboxylic acids is 1. The number of nitro groups is 1. The number of hydrogen-bond donors (Lipinski definition) is 0. The molecule has 1 aliphatic heterocycles. The van der Waals surface area contributed by atoms with Gasteiger partial charge in [0.1, 0.15) is 5.69 Å². The Hall–Kier alpha value is -2.81. The molecule has 11 heteroatoms. The molecule has 2 aliphatic carbocycles. The van der Waals surface area contributed by atoms with Crippen LogP contribution in [0, 0.1) is 45.6 Å². The quantitative estimate of drug-likeness (QED) is 0.0916. The molecule has 3 aliphatic rings. The first-order chi connectivity index (χ1) is 23.9. The fourth-order valence-electron chi connectivity index (χ4n) is 8.37. The summed E-state index contributed by atoms with van der Waals surface area (Å²) < 4.78 is 35.7. The number of carbonyl (C=O) groups is 1. The van der Waals surface area contributed by atoms with Crippen LogP contribution < -0.4 is 4.90 Å². The minimum absolute atomic E-state index is 0.00778. The van der Waals surface area contributed by atoms with Gasteiger partial charge in [-0.05, 0) is 92.2 Å².